The normalized spacial score (nSPS) is 24.4. The van der Waals surface area contributed by atoms with E-state index in [0.29, 0.717) is 37.1 Å². The predicted molar refractivity (Wildman–Crippen MR) is 70.0 cm³/mol. The van der Waals surface area contributed by atoms with E-state index in [1.165, 1.54) is 6.26 Å². The Kier molecular flexibility index (Phi) is 4.61. The molecule has 0 spiro atoms. The van der Waals surface area contributed by atoms with E-state index in [9.17, 15) is 4.79 Å². The number of morpholine rings is 1. The maximum atomic E-state index is 11.8. The minimum Gasteiger partial charge on any atom is -0.467 e. The van der Waals surface area contributed by atoms with Crippen molar-refractivity contribution in [2.75, 3.05) is 19.8 Å². The van der Waals surface area contributed by atoms with Crippen LogP contribution in [0.5, 0.6) is 0 Å². The highest BCUT2D eigenvalue weighted by atomic mass is 16.5. The van der Waals surface area contributed by atoms with Gasteiger partial charge in [0.05, 0.1) is 32.1 Å². The monoisotopic (exact) mass is 267 g/mol. The summed E-state index contributed by atoms with van der Waals surface area (Å²) in [5.41, 5.74) is 0.521. The zero-order chi connectivity index (χ0) is 13.8. The molecule has 1 fully saturated rings. The number of ether oxygens (including phenoxy) is 2. The van der Waals surface area contributed by atoms with Crippen molar-refractivity contribution in [3.63, 3.8) is 0 Å². The lowest BCUT2D eigenvalue weighted by atomic mass is 10.1. The zero-order valence-corrected chi connectivity index (χ0v) is 11.7. The van der Waals surface area contributed by atoms with Gasteiger partial charge < -0.3 is 13.9 Å². The van der Waals surface area contributed by atoms with Crippen molar-refractivity contribution in [3.8, 4) is 0 Å². The van der Waals surface area contributed by atoms with Crippen molar-refractivity contribution in [2.45, 2.75) is 39.5 Å². The smallest absolute Gasteiger partial charge is 0.341 e. The van der Waals surface area contributed by atoms with E-state index in [-0.39, 0.29) is 12.1 Å². The van der Waals surface area contributed by atoms with E-state index >= 15 is 0 Å². The standard InChI is InChI=1S/C14H21NO4/c1-4-17-14(16)12-5-6-18-13(12)8-15-7-11(3)19-9-10(15)2/h5-6,10-11H,4,7-9H2,1-3H3/t10-,11+/m0/s1. The Morgan fingerprint density at radius 1 is 1.53 bits per heavy atom. The number of nitrogens with zero attached hydrogens (tertiary/aromatic N) is 1. The Balaban J connectivity index is 2.06. The van der Waals surface area contributed by atoms with Gasteiger partial charge >= 0.3 is 5.97 Å². The molecule has 0 bridgehead atoms. The van der Waals surface area contributed by atoms with Gasteiger partial charge in [-0.3, -0.25) is 4.90 Å². The minimum absolute atomic E-state index is 0.206. The Morgan fingerprint density at radius 3 is 3.05 bits per heavy atom. The van der Waals surface area contributed by atoms with E-state index in [2.05, 4.69) is 11.8 Å². The number of hydrogen-bond donors (Lipinski definition) is 0. The molecule has 0 N–H and O–H groups in total. The molecule has 0 radical (unpaired) electrons. The van der Waals surface area contributed by atoms with E-state index in [0.717, 1.165) is 6.54 Å². The van der Waals surface area contributed by atoms with Crippen LogP contribution in [-0.2, 0) is 16.0 Å². The highest BCUT2D eigenvalue weighted by molar-refractivity contribution is 5.90. The number of rotatable bonds is 4. The Bertz CT molecular complexity index is 429. The molecule has 2 rings (SSSR count). The topological polar surface area (TPSA) is 51.9 Å². The summed E-state index contributed by atoms with van der Waals surface area (Å²) in [7, 11) is 0. The second-order valence-corrected chi connectivity index (χ2v) is 4.90. The van der Waals surface area contributed by atoms with E-state index < -0.39 is 0 Å². The molecule has 2 atom stereocenters. The molecule has 1 aliphatic heterocycles. The van der Waals surface area contributed by atoms with Gasteiger partial charge in [-0.05, 0) is 26.8 Å². The first-order valence-electron chi connectivity index (χ1n) is 6.71. The molecule has 2 heterocycles. The Morgan fingerprint density at radius 2 is 2.32 bits per heavy atom. The molecular formula is C14H21NO4. The van der Waals surface area contributed by atoms with Crippen molar-refractivity contribution in [1.29, 1.82) is 0 Å². The third-order valence-corrected chi connectivity index (χ3v) is 3.32. The molecule has 1 aliphatic rings. The molecule has 0 aromatic carbocycles. The van der Waals surface area contributed by atoms with Crippen LogP contribution in [0.1, 0.15) is 36.9 Å². The van der Waals surface area contributed by atoms with E-state index in [4.69, 9.17) is 13.9 Å². The van der Waals surface area contributed by atoms with Crippen LogP contribution >= 0.6 is 0 Å². The second-order valence-electron chi connectivity index (χ2n) is 4.90. The molecule has 1 saturated heterocycles. The van der Waals surface area contributed by atoms with Gasteiger partial charge in [0.1, 0.15) is 11.3 Å². The van der Waals surface area contributed by atoms with Gasteiger partial charge in [0.15, 0.2) is 0 Å². The number of carbonyl (C=O) groups is 1. The molecular weight excluding hydrogens is 246 g/mol. The molecule has 5 nitrogen and oxygen atoms in total. The average Bonchev–Trinajstić information content (AvgIpc) is 2.82. The predicted octanol–water partition coefficient (Wildman–Crippen LogP) is 2.07. The minimum atomic E-state index is -0.319. The summed E-state index contributed by atoms with van der Waals surface area (Å²) in [5.74, 6) is 0.347. The molecule has 0 amide bonds. The highest BCUT2D eigenvalue weighted by Crippen LogP contribution is 2.19. The first-order chi connectivity index (χ1) is 9.11. The lowest BCUT2D eigenvalue weighted by molar-refractivity contribution is -0.0546. The van der Waals surface area contributed by atoms with Crippen LogP contribution in [0.2, 0.25) is 0 Å². The Hall–Kier alpha value is -1.33. The molecule has 0 aliphatic carbocycles. The summed E-state index contributed by atoms with van der Waals surface area (Å²) in [5, 5.41) is 0. The summed E-state index contributed by atoms with van der Waals surface area (Å²) in [6.45, 7) is 8.47. The SMILES string of the molecule is CCOC(=O)c1ccoc1CN1C[C@@H](C)OC[C@@H]1C. The number of hydrogen-bond acceptors (Lipinski definition) is 5. The van der Waals surface area contributed by atoms with E-state index in [1.807, 2.05) is 6.92 Å². The third-order valence-electron chi connectivity index (χ3n) is 3.32. The lowest BCUT2D eigenvalue weighted by Gasteiger charge is -2.36. The van der Waals surface area contributed by atoms with Crippen molar-refractivity contribution >= 4 is 5.97 Å². The van der Waals surface area contributed by atoms with Crippen LogP contribution < -0.4 is 0 Å². The molecule has 1 aromatic heterocycles. The van der Waals surface area contributed by atoms with Gasteiger partial charge in [0.25, 0.3) is 0 Å². The molecule has 0 saturated carbocycles. The van der Waals surface area contributed by atoms with Crippen LogP contribution in [0.3, 0.4) is 0 Å². The number of esters is 1. The Labute approximate surface area is 113 Å². The zero-order valence-electron chi connectivity index (χ0n) is 11.7. The molecule has 106 valence electrons. The van der Waals surface area contributed by atoms with Gasteiger partial charge in [-0.25, -0.2) is 4.79 Å². The fraction of sp³-hybridized carbons (Fsp3) is 0.643. The summed E-state index contributed by atoms with van der Waals surface area (Å²) >= 11 is 0. The number of furan rings is 1. The van der Waals surface area contributed by atoms with Crippen molar-refractivity contribution in [3.05, 3.63) is 23.7 Å². The average molecular weight is 267 g/mol. The lowest BCUT2D eigenvalue weighted by Crippen LogP contribution is -2.46. The highest BCUT2D eigenvalue weighted by Gasteiger charge is 2.26. The second kappa shape index (κ2) is 6.21. The van der Waals surface area contributed by atoms with Crippen molar-refractivity contribution in [2.24, 2.45) is 0 Å². The van der Waals surface area contributed by atoms with Crippen molar-refractivity contribution < 1.29 is 18.7 Å². The largest absolute Gasteiger partial charge is 0.467 e. The van der Waals surface area contributed by atoms with Crippen LogP contribution in [-0.4, -0.2) is 42.8 Å². The number of carbonyl (C=O) groups excluding carboxylic acids is 1. The van der Waals surface area contributed by atoms with Gasteiger partial charge in [0, 0.05) is 12.6 Å². The van der Waals surface area contributed by atoms with Gasteiger partial charge in [-0.1, -0.05) is 0 Å². The van der Waals surface area contributed by atoms with Gasteiger partial charge in [-0.15, -0.1) is 0 Å². The first kappa shape index (κ1) is 14.1. The summed E-state index contributed by atoms with van der Waals surface area (Å²) in [6, 6.07) is 1.98. The third kappa shape index (κ3) is 3.36. The fourth-order valence-electron chi connectivity index (χ4n) is 2.23. The van der Waals surface area contributed by atoms with E-state index in [1.54, 1.807) is 13.0 Å². The fourth-order valence-corrected chi connectivity index (χ4v) is 2.23. The molecule has 0 unspecified atom stereocenters. The molecule has 5 heteroatoms. The van der Waals surface area contributed by atoms with Crippen LogP contribution in [0.15, 0.2) is 16.7 Å². The quantitative estimate of drug-likeness (QED) is 0.782. The summed E-state index contributed by atoms with van der Waals surface area (Å²) in [4.78, 5) is 14.0. The van der Waals surface area contributed by atoms with Gasteiger partial charge in [0.2, 0.25) is 0 Å². The first-order valence-corrected chi connectivity index (χ1v) is 6.71. The van der Waals surface area contributed by atoms with Crippen LogP contribution in [0.25, 0.3) is 0 Å². The summed E-state index contributed by atoms with van der Waals surface area (Å²) < 4.78 is 16.0. The van der Waals surface area contributed by atoms with Gasteiger partial charge in [-0.2, -0.15) is 0 Å². The van der Waals surface area contributed by atoms with Crippen LogP contribution in [0.4, 0.5) is 0 Å². The maximum Gasteiger partial charge on any atom is 0.341 e. The van der Waals surface area contributed by atoms with Crippen LogP contribution in [0, 0.1) is 0 Å². The maximum absolute atomic E-state index is 11.8. The molecule has 19 heavy (non-hydrogen) atoms. The summed E-state index contributed by atoms with van der Waals surface area (Å²) in [6.07, 6.45) is 1.74. The molecule has 1 aromatic rings. The van der Waals surface area contributed by atoms with Crippen molar-refractivity contribution in [1.82, 2.24) is 4.90 Å².